The number of likely N-dealkylation sites (N-methyl/N-ethyl adjacent to an activating group) is 1. The van der Waals surface area contributed by atoms with Crippen LogP contribution in [0.15, 0.2) is 90.1 Å². The molecule has 0 spiro atoms. The second-order valence-corrected chi connectivity index (χ2v) is 33.1. The normalized spacial score (nSPS) is 20.6. The monoisotopic (exact) mass is 1780 g/mol. The number of phenolic OH excluding ortho intramolecular Hbond substituents is 1. The molecule has 19 N–H and O–H groups in total. The number of carboxylic acids is 1. The summed E-state index contributed by atoms with van der Waals surface area (Å²) in [5.41, 5.74) is 13.9. The standard InChI is InChI=1S/C46H76N6O13.C45H61N9O8/c1-3-4-17-36(43(60)47-2)50-45(62)39-29-35(55)30-52(39)46(63)37(28-33-20-22-34(54)23-21-33)51-44(61)38(31-53)49-41(57)32-65-27-26-64-25-24-48-40(56)18-15-13-11-9-7-5-6-8-10-12-14-16-19-42(58)59;1-27-19-20-31(56)14-7-4-8-16-34(28(2)55)50-42(60)38(23-30-25-49-35-17-10-9-15-33(30)35)52-40(58)36(18-11-21-48-45(46)47)51-41(59)37(22-29-12-5-3-6-13-29)53-43(61)39-24-32(57)26-54(39)44(27)62/h20-23,35-39,53-55H,3-19,24-32H2,1-2H3,(H,47,60)(H,48,56)(H,49,57)(H,50,62)(H,51,61)(H,58,59);3,5-6,9-10,12-13,15,17,25,27,32,34,36-39,49,57H,4,7-8,11,14,16,18-24,26H2,1-2H3,(H,50,60)(H,51,59)(H,52,58)(H,53,61)(H4,46,47,48)/t35-,36+,37+,38+,39+;27-,32+,34-,36-,37+,38-,39-/m10/s1. The summed E-state index contributed by atoms with van der Waals surface area (Å²) in [6.45, 7) is 4.30. The lowest BCUT2D eigenvalue weighted by Crippen LogP contribution is -2.59. The number of carboxylic acid groups (broad SMARTS) is 1. The van der Waals surface area contributed by atoms with Crippen LogP contribution in [0.25, 0.3) is 10.9 Å². The lowest BCUT2D eigenvalue weighted by Gasteiger charge is -2.30. The Morgan fingerprint density at radius 1 is 0.614 bits per heavy atom. The molecule has 3 fully saturated rings. The second-order valence-electron chi connectivity index (χ2n) is 33.1. The van der Waals surface area contributed by atoms with E-state index in [2.05, 4.69) is 57.8 Å². The van der Waals surface area contributed by atoms with Crippen LogP contribution in [0.1, 0.15) is 217 Å². The van der Waals surface area contributed by atoms with Gasteiger partial charge in [-0.15, -0.1) is 0 Å². The number of nitrogens with two attached hydrogens (primary N) is 2. The highest BCUT2D eigenvalue weighted by atomic mass is 16.5. The number of ketones is 2. The number of unbranched alkanes of at least 4 members (excludes halogenated alkanes) is 12. The van der Waals surface area contributed by atoms with Crippen molar-refractivity contribution < 1.29 is 102 Å². The number of aliphatic hydroxyl groups excluding tert-OH is 3. The average molecular weight is 1780 g/mol. The molecule has 4 heterocycles. The van der Waals surface area contributed by atoms with E-state index in [0.29, 0.717) is 62.6 Å². The molecule has 3 aliphatic rings. The molecule has 3 aliphatic heterocycles. The van der Waals surface area contributed by atoms with Gasteiger partial charge in [-0.2, -0.15) is 0 Å². The zero-order valence-corrected chi connectivity index (χ0v) is 74.1. The third-order valence-corrected chi connectivity index (χ3v) is 22.8. The number of Topliss-reactive ketones (excluding diaryl/α,β-unsaturated/α-hetero) is 2. The third kappa shape index (κ3) is 38.6. The van der Waals surface area contributed by atoms with Crippen molar-refractivity contribution in [2.75, 3.05) is 66.3 Å². The maximum absolute atomic E-state index is 14.4. The summed E-state index contributed by atoms with van der Waals surface area (Å²) >= 11 is 0. The highest BCUT2D eigenvalue weighted by molar-refractivity contribution is 5.99. The molecule has 36 nitrogen and oxygen atoms in total. The number of phenols is 1. The van der Waals surface area contributed by atoms with Gasteiger partial charge in [0.05, 0.1) is 44.7 Å². The molecular weight excluding hydrogens is 1640 g/mol. The highest BCUT2D eigenvalue weighted by Gasteiger charge is 2.45. The van der Waals surface area contributed by atoms with Crippen LogP contribution in [0.5, 0.6) is 5.75 Å². The van der Waals surface area contributed by atoms with Crippen molar-refractivity contribution in [3.05, 3.63) is 102 Å². The number of H-pyrrole nitrogens is 1. The predicted molar refractivity (Wildman–Crippen MR) is 474 cm³/mol. The van der Waals surface area contributed by atoms with E-state index in [1.807, 2.05) is 31.2 Å². The van der Waals surface area contributed by atoms with Crippen molar-refractivity contribution in [1.29, 1.82) is 0 Å². The molecule has 0 bridgehead atoms. The predicted octanol–water partition coefficient (Wildman–Crippen LogP) is 3.42. The minimum atomic E-state index is -1.48. The molecular formula is C91H137N15O21. The lowest BCUT2D eigenvalue weighted by molar-refractivity contribution is -0.142. The van der Waals surface area contributed by atoms with Crippen LogP contribution in [0.2, 0.25) is 0 Å². The number of aromatic hydroxyl groups is 1. The van der Waals surface area contributed by atoms with Crippen molar-refractivity contribution in [3.8, 4) is 5.75 Å². The van der Waals surface area contributed by atoms with Crippen molar-refractivity contribution in [2.45, 2.75) is 286 Å². The van der Waals surface area contributed by atoms with Gasteiger partial charge >= 0.3 is 5.97 Å². The number of hydrogen-bond donors (Lipinski definition) is 17. The number of nitrogens with one attached hydrogen (secondary N) is 10. The van der Waals surface area contributed by atoms with E-state index in [-0.39, 0.29) is 145 Å². The van der Waals surface area contributed by atoms with Gasteiger partial charge in [-0.05, 0) is 93.2 Å². The Morgan fingerprint density at radius 2 is 1.24 bits per heavy atom. The number of aliphatic carboxylic acids is 1. The number of guanidine groups is 1. The number of ether oxygens (including phenoxy) is 2. The lowest BCUT2D eigenvalue weighted by atomic mass is 9.98. The van der Waals surface area contributed by atoms with Crippen molar-refractivity contribution in [3.63, 3.8) is 0 Å². The fraction of sp³-hybridized carbons (Fsp3) is 0.615. The molecule has 0 aliphatic carbocycles. The topological polar surface area (TPSA) is 554 Å². The number of nitrogens with zero attached hydrogens (tertiary/aromatic N) is 3. The van der Waals surface area contributed by atoms with Crippen LogP contribution in [-0.4, -0.2) is 262 Å². The SMILES string of the molecule is CC(=O)[C@@H]1CCCCCC(=O)CC[C@H](C)C(=O)N2C[C@H](O)C[C@H]2C(=O)N[C@H](Cc2ccccc2)C(=O)N[C@@H](CCCN=C(N)N)C(=O)N[C@@H](Cc2c[nH]c3ccccc23)C(=O)N1.CCCC[C@H](NC(=O)[C@@H]1C[C@@H](O)CN1C(=O)[C@H](Cc1ccc(O)cc1)NC(=O)[C@H](CO)NC(=O)COCCOCCNC(=O)CCCCCCCCCCCCCCC(=O)O)C(=O)NC. The Hall–Kier alpha value is -10.9. The summed E-state index contributed by atoms with van der Waals surface area (Å²) in [7, 11) is 1.45. The molecule has 4 aromatic rings. The van der Waals surface area contributed by atoms with Gasteiger partial charge < -0.3 is 109 Å². The summed E-state index contributed by atoms with van der Waals surface area (Å²) in [4.78, 5) is 195. The van der Waals surface area contributed by atoms with E-state index >= 15 is 0 Å². The van der Waals surface area contributed by atoms with E-state index in [1.165, 1.54) is 56.7 Å². The number of rotatable bonds is 45. The molecule has 7 rings (SSSR count). The summed E-state index contributed by atoms with van der Waals surface area (Å²) in [5.74, 6) is -8.28. The average Bonchev–Trinajstić information content (AvgIpc) is 1.69. The van der Waals surface area contributed by atoms with Crippen molar-refractivity contribution in [1.82, 2.24) is 62.6 Å². The van der Waals surface area contributed by atoms with Gasteiger partial charge in [-0.1, -0.05) is 164 Å². The molecule has 0 radical (unpaired) electrons. The summed E-state index contributed by atoms with van der Waals surface area (Å²) < 4.78 is 10.8. The van der Waals surface area contributed by atoms with Crippen LogP contribution >= 0.6 is 0 Å². The van der Waals surface area contributed by atoms with E-state index < -0.39 is 145 Å². The van der Waals surface area contributed by atoms with Crippen LogP contribution in [0, 0.1) is 5.92 Å². The first-order valence-electron chi connectivity index (χ1n) is 45.0. The van der Waals surface area contributed by atoms with Crippen LogP contribution < -0.4 is 59.3 Å². The Bertz CT molecular complexity index is 4190. The second kappa shape index (κ2) is 57.7. The molecule has 3 aromatic carbocycles. The number of amides is 11. The number of aliphatic hydroxyl groups is 3. The van der Waals surface area contributed by atoms with Crippen molar-refractivity contribution >= 4 is 99.4 Å². The van der Waals surface area contributed by atoms with Gasteiger partial charge in [0.25, 0.3) is 0 Å². The Morgan fingerprint density at radius 3 is 1.90 bits per heavy atom. The molecule has 702 valence electrons. The first kappa shape index (κ1) is 105. The van der Waals surface area contributed by atoms with Gasteiger partial charge in [0.1, 0.15) is 66.5 Å². The van der Waals surface area contributed by atoms with Gasteiger partial charge in [0.15, 0.2) is 11.7 Å². The molecule has 0 unspecified atom stereocenters. The van der Waals surface area contributed by atoms with Crippen molar-refractivity contribution in [2.24, 2.45) is 22.4 Å². The van der Waals surface area contributed by atoms with E-state index in [1.54, 1.807) is 55.6 Å². The first-order chi connectivity index (χ1) is 61.0. The third-order valence-electron chi connectivity index (χ3n) is 22.8. The molecule has 1 aromatic heterocycles. The summed E-state index contributed by atoms with van der Waals surface area (Å²) in [5, 5.41) is 74.9. The van der Waals surface area contributed by atoms with E-state index in [4.69, 9.17) is 26.0 Å². The van der Waals surface area contributed by atoms with E-state index in [9.17, 15) is 87.5 Å². The number of aromatic nitrogens is 1. The number of hydrogen-bond acceptors (Lipinski definition) is 21. The number of fused-ring (bicyclic) bond motifs is 2. The smallest absolute Gasteiger partial charge is 0.303 e. The van der Waals surface area contributed by atoms with Gasteiger partial charge in [0.2, 0.25) is 65.0 Å². The van der Waals surface area contributed by atoms with Gasteiger partial charge in [-0.3, -0.25) is 72.1 Å². The number of β-amino-alcohol motifs (C(OH)–C–C–N with tert-alkyl or cyclic N) is 1. The van der Waals surface area contributed by atoms with Gasteiger partial charge in [-0.25, -0.2) is 0 Å². The molecule has 12 atom stereocenters. The van der Waals surface area contributed by atoms with E-state index in [0.717, 1.165) is 79.2 Å². The number of benzene rings is 3. The number of carbonyl (C=O) groups is 14. The molecule has 3 saturated heterocycles. The molecule has 36 heteroatoms. The quantitative estimate of drug-likeness (QED) is 0.0171. The fourth-order valence-electron chi connectivity index (χ4n) is 15.5. The van der Waals surface area contributed by atoms with Gasteiger partial charge in [0, 0.05) is 114 Å². The fourth-order valence-corrected chi connectivity index (χ4v) is 15.5. The zero-order valence-electron chi connectivity index (χ0n) is 74.1. The highest BCUT2D eigenvalue weighted by Crippen LogP contribution is 2.27. The van der Waals surface area contributed by atoms with Crippen LogP contribution in [0.3, 0.4) is 0 Å². The Labute approximate surface area is 743 Å². The van der Waals surface area contributed by atoms with Crippen LogP contribution in [0.4, 0.5) is 0 Å². The summed E-state index contributed by atoms with van der Waals surface area (Å²) in [6, 6.07) is 11.9. The molecule has 11 amide bonds. The Kier molecular flexibility index (Phi) is 47.6. The first-order valence-corrected chi connectivity index (χ1v) is 45.0. The van der Waals surface area contributed by atoms with Crippen LogP contribution in [-0.2, 0) is 95.9 Å². The number of aliphatic imine (C=N–C) groups is 1. The number of likely N-dealkylation sites (tertiary alicyclic amines) is 1. The molecule has 127 heavy (non-hydrogen) atoms. The Balaban J connectivity index is 0.000000392. The number of para-hydroxylation sites is 1. The zero-order chi connectivity index (χ0) is 92.6. The molecule has 0 saturated carbocycles. The maximum atomic E-state index is 14.4. The minimum absolute atomic E-state index is 0.0144. The largest absolute Gasteiger partial charge is 0.508 e. The number of aromatic amines is 1. The maximum Gasteiger partial charge on any atom is 0.303 e. The minimum Gasteiger partial charge on any atom is -0.508 e. The summed E-state index contributed by atoms with van der Waals surface area (Å²) in [6.07, 6.45) is 17.9. The number of carbonyl (C=O) groups excluding carboxylic acids is 13.